The second-order valence-corrected chi connectivity index (χ2v) is 7.26. The van der Waals surface area contributed by atoms with Crippen molar-refractivity contribution in [1.82, 2.24) is 5.32 Å². The highest BCUT2D eigenvalue weighted by Crippen LogP contribution is 2.33. The lowest BCUT2D eigenvalue weighted by Crippen LogP contribution is -2.40. The van der Waals surface area contributed by atoms with Crippen molar-refractivity contribution in [2.75, 3.05) is 0 Å². The van der Waals surface area contributed by atoms with Crippen LogP contribution in [-0.4, -0.2) is 24.0 Å². The number of hydrogen-bond acceptors (Lipinski definition) is 4. The average molecular weight is 349 g/mol. The fourth-order valence-corrected chi connectivity index (χ4v) is 4.21. The topological polar surface area (TPSA) is 55.4 Å². The first-order valence-corrected chi connectivity index (χ1v) is 8.98. The molecule has 1 heterocycles. The fraction of sp³-hybridized carbons (Fsp3) is 0.444. The molecule has 1 aromatic heterocycles. The van der Waals surface area contributed by atoms with Crippen LogP contribution < -0.4 is 5.32 Å². The summed E-state index contributed by atoms with van der Waals surface area (Å²) in [5.41, 5.74) is 0.557. The van der Waals surface area contributed by atoms with Crippen molar-refractivity contribution in [3.8, 4) is 0 Å². The van der Waals surface area contributed by atoms with Gasteiger partial charge in [-0.2, -0.15) is 0 Å². The molecular weight excluding hydrogens is 329 g/mol. The SMILES string of the molecule is Cc1c(C(=O)O[C@@H](C)C(=O)NC2CCCC2)sc2cccc(F)c12. The lowest BCUT2D eigenvalue weighted by molar-refractivity contribution is -0.129. The highest BCUT2D eigenvalue weighted by atomic mass is 32.1. The highest BCUT2D eigenvalue weighted by Gasteiger charge is 2.25. The van der Waals surface area contributed by atoms with E-state index in [1.54, 1.807) is 26.0 Å². The quantitative estimate of drug-likeness (QED) is 0.850. The molecule has 1 amide bonds. The predicted molar refractivity (Wildman–Crippen MR) is 91.8 cm³/mol. The molecule has 1 N–H and O–H groups in total. The maximum Gasteiger partial charge on any atom is 0.349 e. The fourth-order valence-electron chi connectivity index (χ4n) is 3.10. The molecule has 24 heavy (non-hydrogen) atoms. The standard InChI is InChI=1S/C18H20FNO3S/c1-10-15-13(19)8-5-9-14(15)24-16(10)18(22)23-11(2)17(21)20-12-6-3-4-7-12/h5,8-9,11-12H,3-4,6-7H2,1-2H3,(H,20,21)/t11-/m0/s1. The molecule has 1 atom stereocenters. The number of nitrogens with one attached hydrogen (secondary N) is 1. The number of rotatable bonds is 4. The molecule has 1 fully saturated rings. The molecule has 2 aromatic rings. The molecule has 1 saturated carbocycles. The minimum atomic E-state index is -0.868. The third-order valence-corrected chi connectivity index (χ3v) is 5.68. The van der Waals surface area contributed by atoms with Crippen molar-refractivity contribution in [1.29, 1.82) is 0 Å². The molecule has 1 aromatic carbocycles. The van der Waals surface area contributed by atoms with Gasteiger partial charge >= 0.3 is 5.97 Å². The van der Waals surface area contributed by atoms with Crippen LogP contribution in [0.25, 0.3) is 10.1 Å². The molecule has 0 aliphatic heterocycles. The zero-order chi connectivity index (χ0) is 17.3. The Kier molecular flexibility index (Phi) is 4.85. The third-order valence-electron chi connectivity index (χ3n) is 4.44. The Bertz CT molecular complexity index is 780. The summed E-state index contributed by atoms with van der Waals surface area (Å²) in [6, 6.07) is 4.93. The van der Waals surface area contributed by atoms with Gasteiger partial charge in [-0.3, -0.25) is 4.79 Å². The second kappa shape index (κ2) is 6.89. The monoisotopic (exact) mass is 349 g/mol. The number of hydrogen-bond donors (Lipinski definition) is 1. The van der Waals surface area contributed by atoms with E-state index in [0.717, 1.165) is 25.7 Å². The summed E-state index contributed by atoms with van der Waals surface area (Å²) < 4.78 is 19.9. The first kappa shape index (κ1) is 16.9. The Morgan fingerprint density at radius 2 is 2.04 bits per heavy atom. The van der Waals surface area contributed by atoms with E-state index in [1.165, 1.54) is 17.4 Å². The number of ether oxygens (including phenoxy) is 1. The number of thiophene rings is 1. The maximum atomic E-state index is 13.9. The normalized spacial score (nSPS) is 16.3. The van der Waals surface area contributed by atoms with E-state index >= 15 is 0 Å². The van der Waals surface area contributed by atoms with Gasteiger partial charge in [0.2, 0.25) is 0 Å². The number of halogens is 1. The summed E-state index contributed by atoms with van der Waals surface area (Å²) in [4.78, 5) is 24.9. The van der Waals surface area contributed by atoms with Gasteiger partial charge in [0.25, 0.3) is 5.91 Å². The van der Waals surface area contributed by atoms with Gasteiger partial charge in [-0.15, -0.1) is 11.3 Å². The third kappa shape index (κ3) is 3.29. The van der Waals surface area contributed by atoms with Crippen LogP contribution in [0.4, 0.5) is 4.39 Å². The number of esters is 1. The van der Waals surface area contributed by atoms with E-state index in [0.29, 0.717) is 20.5 Å². The molecule has 0 saturated heterocycles. The Labute approximate surface area is 144 Å². The molecule has 1 aliphatic carbocycles. The Morgan fingerprint density at radius 1 is 1.33 bits per heavy atom. The van der Waals surface area contributed by atoms with Crippen molar-refractivity contribution in [3.05, 3.63) is 34.5 Å². The highest BCUT2D eigenvalue weighted by molar-refractivity contribution is 7.21. The molecule has 0 radical (unpaired) electrons. The maximum absolute atomic E-state index is 13.9. The first-order valence-electron chi connectivity index (χ1n) is 8.16. The molecule has 0 spiro atoms. The van der Waals surface area contributed by atoms with Gasteiger partial charge in [0.1, 0.15) is 10.7 Å². The molecular formula is C18H20FNO3S. The summed E-state index contributed by atoms with van der Waals surface area (Å²) in [6.45, 7) is 3.26. The molecule has 6 heteroatoms. The average Bonchev–Trinajstić information content (AvgIpc) is 3.16. The van der Waals surface area contributed by atoms with Crippen LogP contribution in [0.5, 0.6) is 0 Å². The number of fused-ring (bicyclic) bond motifs is 1. The van der Waals surface area contributed by atoms with Crippen LogP contribution in [-0.2, 0) is 9.53 Å². The molecule has 3 rings (SSSR count). The number of benzene rings is 1. The Hall–Kier alpha value is -1.95. The van der Waals surface area contributed by atoms with Gasteiger partial charge in [0.15, 0.2) is 6.10 Å². The largest absolute Gasteiger partial charge is 0.448 e. The minimum Gasteiger partial charge on any atom is -0.448 e. The van der Waals surface area contributed by atoms with E-state index < -0.39 is 12.1 Å². The van der Waals surface area contributed by atoms with Crippen LogP contribution in [0.3, 0.4) is 0 Å². The van der Waals surface area contributed by atoms with Gasteiger partial charge < -0.3 is 10.1 Å². The van der Waals surface area contributed by atoms with E-state index in [2.05, 4.69) is 5.32 Å². The van der Waals surface area contributed by atoms with Gasteiger partial charge in [0.05, 0.1) is 0 Å². The smallest absolute Gasteiger partial charge is 0.349 e. The number of aryl methyl sites for hydroxylation is 1. The van der Waals surface area contributed by atoms with Crippen LogP contribution in [0.2, 0.25) is 0 Å². The van der Waals surface area contributed by atoms with Crippen molar-refractivity contribution in [2.45, 2.75) is 51.7 Å². The first-order chi connectivity index (χ1) is 11.5. The van der Waals surface area contributed by atoms with Crippen molar-refractivity contribution in [3.63, 3.8) is 0 Å². The Morgan fingerprint density at radius 3 is 2.71 bits per heavy atom. The van der Waals surface area contributed by atoms with Gasteiger partial charge in [-0.05, 0) is 44.4 Å². The molecule has 0 unspecified atom stereocenters. The Balaban J connectivity index is 1.71. The molecule has 1 aliphatic rings. The van der Waals surface area contributed by atoms with Gasteiger partial charge in [0, 0.05) is 16.1 Å². The summed E-state index contributed by atoms with van der Waals surface area (Å²) >= 11 is 1.19. The van der Waals surface area contributed by atoms with Crippen LogP contribution >= 0.6 is 11.3 Å². The van der Waals surface area contributed by atoms with E-state index in [4.69, 9.17) is 4.74 Å². The summed E-state index contributed by atoms with van der Waals surface area (Å²) in [5, 5.41) is 3.36. The van der Waals surface area contributed by atoms with Crippen LogP contribution in [0.15, 0.2) is 18.2 Å². The number of carbonyl (C=O) groups is 2. The number of carbonyl (C=O) groups excluding carboxylic acids is 2. The van der Waals surface area contributed by atoms with Crippen molar-refractivity contribution >= 4 is 33.3 Å². The van der Waals surface area contributed by atoms with Crippen molar-refractivity contribution < 1.29 is 18.7 Å². The lowest BCUT2D eigenvalue weighted by atomic mass is 10.1. The van der Waals surface area contributed by atoms with Gasteiger partial charge in [-0.1, -0.05) is 18.9 Å². The molecule has 128 valence electrons. The molecule has 0 bridgehead atoms. The summed E-state index contributed by atoms with van der Waals surface area (Å²) in [6.07, 6.45) is 3.31. The minimum absolute atomic E-state index is 0.179. The summed E-state index contributed by atoms with van der Waals surface area (Å²) in [7, 11) is 0. The van der Waals surface area contributed by atoms with E-state index in [1.807, 2.05) is 0 Å². The number of amides is 1. The van der Waals surface area contributed by atoms with Gasteiger partial charge in [-0.25, -0.2) is 9.18 Å². The van der Waals surface area contributed by atoms with E-state index in [-0.39, 0.29) is 17.8 Å². The predicted octanol–water partition coefficient (Wildman–Crippen LogP) is 3.95. The zero-order valence-corrected chi connectivity index (χ0v) is 14.5. The summed E-state index contributed by atoms with van der Waals surface area (Å²) in [5.74, 6) is -1.21. The zero-order valence-electron chi connectivity index (χ0n) is 13.7. The van der Waals surface area contributed by atoms with Crippen molar-refractivity contribution in [2.24, 2.45) is 0 Å². The molecule has 4 nitrogen and oxygen atoms in total. The van der Waals surface area contributed by atoms with Crippen LogP contribution in [0.1, 0.15) is 47.8 Å². The van der Waals surface area contributed by atoms with Crippen LogP contribution in [0, 0.1) is 12.7 Å². The lowest BCUT2D eigenvalue weighted by Gasteiger charge is -2.17. The van der Waals surface area contributed by atoms with E-state index in [9.17, 15) is 14.0 Å². The second-order valence-electron chi connectivity index (χ2n) is 6.21.